The summed E-state index contributed by atoms with van der Waals surface area (Å²) in [4.78, 5) is 0. The number of rotatable bonds is 2. The van der Waals surface area contributed by atoms with Crippen LogP contribution in [0.1, 0.15) is 23.1 Å². The summed E-state index contributed by atoms with van der Waals surface area (Å²) in [6.07, 6.45) is 3.38. The van der Waals surface area contributed by atoms with Crippen molar-refractivity contribution in [3.63, 3.8) is 0 Å². The van der Waals surface area contributed by atoms with Crippen molar-refractivity contribution >= 4 is 23.2 Å². The van der Waals surface area contributed by atoms with Gasteiger partial charge in [0.05, 0.1) is 21.5 Å². The molecule has 3 rings (SSSR count). The number of hydrogen-bond acceptors (Lipinski definition) is 1. The normalized spacial score (nSPS) is 20.6. The molecule has 0 bridgehead atoms. The Balaban J connectivity index is 1.89. The van der Waals surface area contributed by atoms with Crippen molar-refractivity contribution in [1.29, 1.82) is 5.26 Å². The minimum Gasteiger partial charge on any atom is -0.198 e. The second kappa shape index (κ2) is 5.72. The van der Waals surface area contributed by atoms with E-state index in [2.05, 4.69) is 24.3 Å². The van der Waals surface area contributed by atoms with Gasteiger partial charge in [-0.15, -0.1) is 0 Å². The number of hydrogen-bond donors (Lipinski definition) is 0. The molecule has 0 saturated heterocycles. The van der Waals surface area contributed by atoms with Crippen molar-refractivity contribution in [1.82, 2.24) is 0 Å². The van der Waals surface area contributed by atoms with Crippen LogP contribution >= 0.6 is 23.2 Å². The third-order valence-corrected chi connectivity index (χ3v) is 5.02. The van der Waals surface area contributed by atoms with Crippen molar-refractivity contribution in [3.05, 3.63) is 69.2 Å². The van der Waals surface area contributed by atoms with Crippen LogP contribution in [0.25, 0.3) is 0 Å². The van der Waals surface area contributed by atoms with Crippen molar-refractivity contribution in [3.8, 4) is 6.07 Å². The van der Waals surface area contributed by atoms with Crippen molar-refractivity contribution < 1.29 is 0 Å². The summed E-state index contributed by atoms with van der Waals surface area (Å²) in [5, 5.41) is 10.9. The number of fused-ring (bicyclic) bond motifs is 1. The van der Waals surface area contributed by atoms with Crippen LogP contribution in [0, 0.1) is 16.7 Å². The summed E-state index contributed by atoms with van der Waals surface area (Å²) < 4.78 is 0. The molecule has 0 radical (unpaired) electrons. The highest BCUT2D eigenvalue weighted by Gasteiger charge is 2.34. The molecule has 1 nitrogen and oxygen atoms in total. The average Bonchev–Trinajstić information content (AvgIpc) is 2.51. The number of halogens is 2. The molecule has 106 valence electrons. The van der Waals surface area contributed by atoms with E-state index in [4.69, 9.17) is 23.2 Å². The maximum absolute atomic E-state index is 9.74. The van der Waals surface area contributed by atoms with E-state index in [0.717, 1.165) is 24.8 Å². The maximum atomic E-state index is 9.74. The molecule has 3 heteroatoms. The third-order valence-electron chi connectivity index (χ3n) is 4.28. The van der Waals surface area contributed by atoms with Crippen LogP contribution in [-0.4, -0.2) is 0 Å². The Kier molecular flexibility index (Phi) is 3.93. The minimum atomic E-state index is -0.342. The van der Waals surface area contributed by atoms with Gasteiger partial charge in [0.1, 0.15) is 0 Å². The van der Waals surface area contributed by atoms with Gasteiger partial charge in [0.15, 0.2) is 0 Å². The second-order valence-electron chi connectivity index (χ2n) is 5.76. The van der Waals surface area contributed by atoms with Crippen molar-refractivity contribution in [2.24, 2.45) is 5.41 Å². The van der Waals surface area contributed by atoms with Gasteiger partial charge in [-0.05, 0) is 54.5 Å². The predicted molar refractivity (Wildman–Crippen MR) is 86.7 cm³/mol. The van der Waals surface area contributed by atoms with Gasteiger partial charge in [-0.3, -0.25) is 0 Å². The summed E-state index contributed by atoms with van der Waals surface area (Å²) >= 11 is 12.0. The fourth-order valence-corrected chi connectivity index (χ4v) is 3.45. The van der Waals surface area contributed by atoms with Crippen LogP contribution in [0.15, 0.2) is 42.5 Å². The van der Waals surface area contributed by atoms with Gasteiger partial charge in [-0.2, -0.15) is 5.26 Å². The van der Waals surface area contributed by atoms with E-state index in [-0.39, 0.29) is 5.41 Å². The van der Waals surface area contributed by atoms with Crippen LogP contribution in [0.4, 0.5) is 0 Å². The van der Waals surface area contributed by atoms with Gasteiger partial charge in [0.25, 0.3) is 0 Å². The molecule has 0 amide bonds. The molecule has 0 spiro atoms. The molecule has 2 aromatic carbocycles. The fraction of sp³-hybridized carbons (Fsp3) is 0.278. The van der Waals surface area contributed by atoms with E-state index in [9.17, 15) is 5.26 Å². The minimum absolute atomic E-state index is 0.342. The number of nitrogens with zero attached hydrogens (tertiary/aromatic N) is 1. The van der Waals surface area contributed by atoms with E-state index >= 15 is 0 Å². The Hall–Kier alpha value is -1.49. The summed E-state index contributed by atoms with van der Waals surface area (Å²) in [5.41, 5.74) is 3.40. The molecule has 1 unspecified atom stereocenters. The van der Waals surface area contributed by atoms with Crippen molar-refractivity contribution in [2.75, 3.05) is 0 Å². The molecule has 0 N–H and O–H groups in total. The molecule has 0 fully saturated rings. The molecule has 1 aliphatic rings. The summed E-state index contributed by atoms with van der Waals surface area (Å²) in [7, 11) is 0. The first-order chi connectivity index (χ1) is 10.1. The number of aryl methyl sites for hydroxylation is 1. The second-order valence-corrected chi connectivity index (χ2v) is 6.58. The Morgan fingerprint density at radius 1 is 1.05 bits per heavy atom. The largest absolute Gasteiger partial charge is 0.198 e. The monoisotopic (exact) mass is 315 g/mol. The van der Waals surface area contributed by atoms with E-state index in [1.165, 1.54) is 11.1 Å². The van der Waals surface area contributed by atoms with Crippen LogP contribution in [0.3, 0.4) is 0 Å². The summed E-state index contributed by atoms with van der Waals surface area (Å²) in [5.74, 6) is 0. The lowest BCUT2D eigenvalue weighted by atomic mass is 9.69. The van der Waals surface area contributed by atoms with Gasteiger partial charge in [0, 0.05) is 0 Å². The highest BCUT2D eigenvalue weighted by molar-refractivity contribution is 6.42. The van der Waals surface area contributed by atoms with Gasteiger partial charge < -0.3 is 0 Å². The Morgan fingerprint density at radius 2 is 1.81 bits per heavy atom. The quantitative estimate of drug-likeness (QED) is 0.744. The topological polar surface area (TPSA) is 23.8 Å². The van der Waals surface area contributed by atoms with E-state index < -0.39 is 0 Å². The van der Waals surface area contributed by atoms with Gasteiger partial charge >= 0.3 is 0 Å². The SMILES string of the molecule is N#CC1(Cc2ccc(Cl)c(Cl)c2)CCc2ccccc2C1. The molecule has 1 atom stereocenters. The molecular formula is C18H15Cl2N. The Labute approximate surface area is 135 Å². The summed E-state index contributed by atoms with van der Waals surface area (Å²) in [6.45, 7) is 0. The van der Waals surface area contributed by atoms with E-state index in [1.807, 2.05) is 18.2 Å². The first kappa shape index (κ1) is 14.4. The van der Waals surface area contributed by atoms with E-state index in [1.54, 1.807) is 6.07 Å². The highest BCUT2D eigenvalue weighted by Crippen LogP contribution is 2.38. The molecular weight excluding hydrogens is 301 g/mol. The van der Waals surface area contributed by atoms with Crippen LogP contribution in [0.2, 0.25) is 10.0 Å². The lowest BCUT2D eigenvalue weighted by molar-refractivity contribution is 0.339. The molecule has 2 aromatic rings. The summed E-state index contributed by atoms with van der Waals surface area (Å²) in [6, 6.07) is 16.6. The van der Waals surface area contributed by atoms with Crippen molar-refractivity contribution in [2.45, 2.75) is 25.7 Å². The molecule has 0 heterocycles. The lowest BCUT2D eigenvalue weighted by Crippen LogP contribution is -2.29. The first-order valence-corrected chi connectivity index (χ1v) is 7.79. The first-order valence-electron chi connectivity index (χ1n) is 7.04. The van der Waals surface area contributed by atoms with Crippen LogP contribution < -0.4 is 0 Å². The predicted octanol–water partition coefficient (Wildman–Crippen LogP) is 5.23. The maximum Gasteiger partial charge on any atom is 0.0696 e. The highest BCUT2D eigenvalue weighted by atomic mass is 35.5. The number of nitriles is 1. The molecule has 1 aliphatic carbocycles. The standard InChI is InChI=1S/C18H15Cl2N/c19-16-6-5-13(9-17(16)20)10-18(12-21)8-7-14-3-1-2-4-15(14)11-18/h1-6,9H,7-8,10-11H2. The molecule has 0 aromatic heterocycles. The van der Waals surface area contributed by atoms with Gasteiger partial charge in [-0.25, -0.2) is 0 Å². The zero-order valence-corrected chi connectivity index (χ0v) is 13.1. The molecule has 21 heavy (non-hydrogen) atoms. The van der Waals surface area contributed by atoms with Crippen LogP contribution in [0.5, 0.6) is 0 Å². The average molecular weight is 316 g/mol. The molecule has 0 aliphatic heterocycles. The fourth-order valence-electron chi connectivity index (χ4n) is 3.13. The van der Waals surface area contributed by atoms with Gasteiger partial charge in [0.2, 0.25) is 0 Å². The Bertz CT molecular complexity index is 717. The van der Waals surface area contributed by atoms with Gasteiger partial charge in [-0.1, -0.05) is 53.5 Å². The number of benzene rings is 2. The molecule has 0 saturated carbocycles. The zero-order chi connectivity index (χ0) is 14.9. The van der Waals surface area contributed by atoms with Crippen LogP contribution in [-0.2, 0) is 19.3 Å². The smallest absolute Gasteiger partial charge is 0.0696 e. The third kappa shape index (κ3) is 2.93. The Morgan fingerprint density at radius 3 is 2.52 bits per heavy atom. The van der Waals surface area contributed by atoms with E-state index in [0.29, 0.717) is 16.5 Å². The zero-order valence-electron chi connectivity index (χ0n) is 11.6. The lowest BCUT2D eigenvalue weighted by Gasteiger charge is -2.32.